The van der Waals surface area contributed by atoms with Gasteiger partial charge in [-0.05, 0) is 71.8 Å². The Hall–Kier alpha value is -2.19. The van der Waals surface area contributed by atoms with E-state index in [2.05, 4.69) is 31.3 Å². The van der Waals surface area contributed by atoms with Gasteiger partial charge in [-0.2, -0.15) is 4.52 Å². The summed E-state index contributed by atoms with van der Waals surface area (Å²) in [7, 11) is 0. The summed E-state index contributed by atoms with van der Waals surface area (Å²) in [6, 6.07) is 7.35. The first-order chi connectivity index (χ1) is 13.6. The molecule has 1 aliphatic heterocycles. The third-order valence-corrected chi connectivity index (χ3v) is 6.44. The number of aromatic nitrogens is 3. The Labute approximate surface area is 170 Å². The number of hydrogen-bond acceptors (Lipinski definition) is 6. The second-order valence-electron chi connectivity index (χ2n) is 7.79. The van der Waals surface area contributed by atoms with Crippen LogP contribution in [0.15, 0.2) is 33.4 Å². The molecule has 1 aliphatic carbocycles. The monoisotopic (exact) mass is 443 g/mol. The molecule has 5 rings (SSSR count). The molecule has 3 atom stereocenters. The molecule has 0 radical (unpaired) electrons. The Balaban J connectivity index is 1.43. The number of nitrogens with two attached hydrogens (primary N) is 1. The van der Waals surface area contributed by atoms with E-state index < -0.39 is 0 Å². The van der Waals surface area contributed by atoms with Gasteiger partial charge in [0, 0.05) is 11.6 Å². The van der Waals surface area contributed by atoms with Gasteiger partial charge in [-0.1, -0.05) is 12.8 Å². The van der Waals surface area contributed by atoms with Crippen molar-refractivity contribution in [3.05, 3.63) is 34.5 Å². The zero-order chi connectivity index (χ0) is 19.3. The largest absolute Gasteiger partial charge is 0.446 e. The van der Waals surface area contributed by atoms with Gasteiger partial charge in [0.25, 0.3) is 0 Å². The maximum atomic E-state index is 13.2. The number of pyridine rings is 1. The van der Waals surface area contributed by atoms with Gasteiger partial charge >= 0.3 is 0 Å². The van der Waals surface area contributed by atoms with Crippen LogP contribution in [0.4, 0.5) is 5.82 Å². The lowest BCUT2D eigenvalue weighted by Gasteiger charge is -2.40. The molecule has 7 nitrogen and oxygen atoms in total. The lowest BCUT2D eigenvalue weighted by Crippen LogP contribution is -2.52. The van der Waals surface area contributed by atoms with Crippen molar-refractivity contribution in [1.82, 2.24) is 19.9 Å². The molecule has 28 heavy (non-hydrogen) atoms. The van der Waals surface area contributed by atoms with Crippen molar-refractivity contribution >= 4 is 33.2 Å². The number of carbonyl (C=O) groups excluding carboxylic acids is 1. The summed E-state index contributed by atoms with van der Waals surface area (Å²) in [4.78, 5) is 17.6. The first-order valence-electron chi connectivity index (χ1n) is 9.81. The third-order valence-electron chi connectivity index (χ3n) is 6.01. The molecule has 8 heteroatoms. The average Bonchev–Trinajstić information content (AvgIpc) is 3.33. The molecule has 1 saturated heterocycles. The number of nitrogens with zero attached hydrogens (tertiary/aromatic N) is 3. The third kappa shape index (κ3) is 3.14. The number of nitrogen functional groups attached to an aromatic ring is 1. The van der Waals surface area contributed by atoms with Crippen LogP contribution in [0.2, 0.25) is 0 Å². The molecular formula is C20H22BrN5O2. The van der Waals surface area contributed by atoms with E-state index in [-0.39, 0.29) is 11.8 Å². The van der Waals surface area contributed by atoms with Gasteiger partial charge in [-0.3, -0.25) is 4.79 Å². The molecule has 0 bridgehead atoms. The molecule has 2 aliphatic rings. The SMILES string of the molecule is Nc1cc(C(=O)C2CCC3CCCCC3N2)cc2nc(-c3ccc(Br)o3)nn12. The summed E-state index contributed by atoms with van der Waals surface area (Å²) in [5, 5.41) is 8.00. The number of carbonyl (C=O) groups is 1. The second kappa shape index (κ2) is 7.00. The minimum atomic E-state index is -0.148. The number of fused-ring (bicyclic) bond motifs is 2. The molecule has 4 heterocycles. The molecule has 0 spiro atoms. The van der Waals surface area contributed by atoms with Gasteiger partial charge in [-0.25, -0.2) is 4.98 Å². The van der Waals surface area contributed by atoms with E-state index in [0.29, 0.717) is 39.3 Å². The molecule has 3 aromatic rings. The average molecular weight is 444 g/mol. The molecule has 0 amide bonds. The van der Waals surface area contributed by atoms with Gasteiger partial charge in [0.15, 0.2) is 21.9 Å². The first kappa shape index (κ1) is 17.9. The number of Topliss-reactive ketones (excluding diaryl/α,β-unsaturated/α-hetero) is 1. The number of rotatable bonds is 3. The van der Waals surface area contributed by atoms with E-state index >= 15 is 0 Å². The lowest BCUT2D eigenvalue weighted by atomic mass is 9.77. The maximum Gasteiger partial charge on any atom is 0.218 e. The van der Waals surface area contributed by atoms with Gasteiger partial charge < -0.3 is 15.5 Å². The topological polar surface area (TPSA) is 98.5 Å². The molecule has 3 aromatic heterocycles. The maximum absolute atomic E-state index is 13.2. The summed E-state index contributed by atoms with van der Waals surface area (Å²) in [6.45, 7) is 0. The fourth-order valence-corrected chi connectivity index (χ4v) is 4.90. The van der Waals surface area contributed by atoms with E-state index in [9.17, 15) is 4.79 Å². The Morgan fingerprint density at radius 3 is 2.89 bits per heavy atom. The highest BCUT2D eigenvalue weighted by Crippen LogP contribution is 2.33. The summed E-state index contributed by atoms with van der Waals surface area (Å²) >= 11 is 3.28. The van der Waals surface area contributed by atoms with Crippen LogP contribution in [-0.4, -0.2) is 32.5 Å². The van der Waals surface area contributed by atoms with Crippen molar-refractivity contribution < 1.29 is 9.21 Å². The van der Waals surface area contributed by atoms with Crippen molar-refractivity contribution in [3.63, 3.8) is 0 Å². The second-order valence-corrected chi connectivity index (χ2v) is 8.57. The van der Waals surface area contributed by atoms with E-state index in [1.165, 1.54) is 30.2 Å². The summed E-state index contributed by atoms with van der Waals surface area (Å²) in [6.07, 6.45) is 7.01. The molecule has 1 saturated carbocycles. The van der Waals surface area contributed by atoms with E-state index in [1.807, 2.05) is 0 Å². The van der Waals surface area contributed by atoms with Crippen LogP contribution in [0.1, 0.15) is 48.9 Å². The highest BCUT2D eigenvalue weighted by atomic mass is 79.9. The van der Waals surface area contributed by atoms with Gasteiger partial charge in [0.1, 0.15) is 5.82 Å². The predicted molar refractivity (Wildman–Crippen MR) is 109 cm³/mol. The van der Waals surface area contributed by atoms with Crippen LogP contribution in [0.3, 0.4) is 0 Å². The summed E-state index contributed by atoms with van der Waals surface area (Å²) in [5.74, 6) is 2.17. The highest BCUT2D eigenvalue weighted by molar-refractivity contribution is 9.10. The van der Waals surface area contributed by atoms with Gasteiger partial charge in [0.2, 0.25) is 5.82 Å². The molecule has 3 unspecified atom stereocenters. The van der Waals surface area contributed by atoms with Crippen molar-refractivity contribution in [1.29, 1.82) is 0 Å². The smallest absolute Gasteiger partial charge is 0.218 e. The van der Waals surface area contributed by atoms with Crippen LogP contribution in [0, 0.1) is 5.92 Å². The lowest BCUT2D eigenvalue weighted by molar-refractivity contribution is 0.0861. The van der Waals surface area contributed by atoms with Crippen LogP contribution >= 0.6 is 15.9 Å². The standard InChI is InChI=1S/C20H22BrN5O2/c21-16-8-7-15(28-16)20-24-18-10-12(9-17(22)26(18)25-20)19(27)14-6-5-11-3-1-2-4-13(11)23-14/h7-11,13-14,23H,1-6,22H2. The van der Waals surface area contributed by atoms with E-state index in [0.717, 1.165) is 18.8 Å². The van der Waals surface area contributed by atoms with Crippen molar-refractivity contribution in [2.45, 2.75) is 50.6 Å². The molecule has 3 N–H and O–H groups in total. The normalized spacial score (nSPS) is 25.0. The van der Waals surface area contributed by atoms with Crippen LogP contribution in [0.25, 0.3) is 17.2 Å². The Morgan fingerprint density at radius 2 is 2.07 bits per heavy atom. The van der Waals surface area contributed by atoms with Crippen molar-refractivity contribution in [2.24, 2.45) is 5.92 Å². The van der Waals surface area contributed by atoms with Crippen LogP contribution < -0.4 is 11.1 Å². The fourth-order valence-electron chi connectivity index (χ4n) is 4.59. The fraction of sp³-hybridized carbons (Fsp3) is 0.450. The van der Waals surface area contributed by atoms with E-state index in [1.54, 1.807) is 24.3 Å². The summed E-state index contributed by atoms with van der Waals surface area (Å²) < 4.78 is 7.66. The minimum Gasteiger partial charge on any atom is -0.446 e. The van der Waals surface area contributed by atoms with Gasteiger partial charge in [-0.15, -0.1) is 5.10 Å². The first-order valence-corrected chi connectivity index (χ1v) is 10.6. The number of nitrogens with one attached hydrogen (secondary N) is 1. The Morgan fingerprint density at radius 1 is 1.21 bits per heavy atom. The number of piperidine rings is 1. The number of ketones is 1. The predicted octanol–water partition coefficient (Wildman–Crippen LogP) is 3.83. The zero-order valence-corrected chi connectivity index (χ0v) is 17.0. The molecular weight excluding hydrogens is 422 g/mol. The molecule has 0 aromatic carbocycles. The van der Waals surface area contributed by atoms with Crippen LogP contribution in [0.5, 0.6) is 0 Å². The molecule has 2 fully saturated rings. The van der Waals surface area contributed by atoms with Crippen LogP contribution in [-0.2, 0) is 0 Å². The summed E-state index contributed by atoms with van der Waals surface area (Å²) in [5.41, 5.74) is 7.29. The van der Waals surface area contributed by atoms with Gasteiger partial charge in [0.05, 0.1) is 6.04 Å². The number of furan rings is 1. The number of halogens is 1. The number of anilines is 1. The van der Waals surface area contributed by atoms with Crippen molar-refractivity contribution in [3.8, 4) is 11.6 Å². The van der Waals surface area contributed by atoms with E-state index in [4.69, 9.17) is 10.2 Å². The highest BCUT2D eigenvalue weighted by Gasteiger charge is 2.35. The van der Waals surface area contributed by atoms with Crippen molar-refractivity contribution in [2.75, 3.05) is 5.73 Å². The quantitative estimate of drug-likeness (QED) is 0.596. The number of hydrogen-bond donors (Lipinski definition) is 2. The minimum absolute atomic E-state index is 0.0866. The zero-order valence-electron chi connectivity index (χ0n) is 15.4. The Bertz CT molecular complexity index is 1040. The Kier molecular flexibility index (Phi) is 4.47. The molecule has 146 valence electrons.